The molecule has 6 heteroatoms. The number of hydrogen-bond acceptors (Lipinski definition) is 6. The van der Waals surface area contributed by atoms with E-state index >= 15 is 0 Å². The third kappa shape index (κ3) is 5.21. The highest BCUT2D eigenvalue weighted by molar-refractivity contribution is 5.42. The summed E-state index contributed by atoms with van der Waals surface area (Å²) in [5, 5.41) is 0. The van der Waals surface area contributed by atoms with Crippen molar-refractivity contribution in [2.45, 2.75) is 57.9 Å². The van der Waals surface area contributed by atoms with E-state index in [4.69, 9.17) is 28.4 Å². The second-order valence-electron chi connectivity index (χ2n) is 8.52. The Morgan fingerprint density at radius 1 is 0.710 bits per heavy atom. The molecule has 0 aliphatic carbocycles. The highest BCUT2D eigenvalue weighted by Gasteiger charge is 2.51. The molecule has 2 saturated heterocycles. The Hall–Kier alpha value is -2.12. The van der Waals surface area contributed by atoms with Crippen molar-refractivity contribution in [3.63, 3.8) is 0 Å². The van der Waals surface area contributed by atoms with Crippen LogP contribution in [0.3, 0.4) is 0 Å². The van der Waals surface area contributed by atoms with E-state index < -0.39 is 11.9 Å². The highest BCUT2D eigenvalue weighted by Crippen LogP contribution is 2.37. The quantitative estimate of drug-likeness (QED) is 0.351. The van der Waals surface area contributed by atoms with E-state index in [0.717, 1.165) is 24.3 Å². The second kappa shape index (κ2) is 8.79. The largest absolute Gasteiger partial charge is 0.437 e. The van der Waals surface area contributed by atoms with Gasteiger partial charge in [0.05, 0.1) is 13.2 Å². The van der Waals surface area contributed by atoms with Gasteiger partial charge in [-0.3, -0.25) is 0 Å². The molecule has 0 amide bonds. The maximum atomic E-state index is 5.90. The van der Waals surface area contributed by atoms with E-state index in [-0.39, 0.29) is 5.41 Å². The molecule has 31 heavy (non-hydrogen) atoms. The van der Waals surface area contributed by atoms with E-state index in [1.54, 1.807) is 0 Å². The molecule has 2 aromatic rings. The first-order valence-electron chi connectivity index (χ1n) is 11.1. The molecule has 0 bridgehead atoms. The van der Waals surface area contributed by atoms with Crippen LogP contribution in [0.1, 0.15) is 51.7 Å². The van der Waals surface area contributed by atoms with Gasteiger partial charge in [-0.05, 0) is 48.2 Å². The zero-order valence-corrected chi connectivity index (χ0v) is 18.8. The summed E-state index contributed by atoms with van der Waals surface area (Å²) in [5.41, 5.74) is 2.18. The zero-order valence-electron chi connectivity index (χ0n) is 18.8. The van der Waals surface area contributed by atoms with Crippen molar-refractivity contribution in [3.8, 4) is 11.5 Å². The van der Waals surface area contributed by atoms with Crippen molar-refractivity contribution in [2.24, 2.45) is 0 Å². The molecule has 2 heterocycles. The molecule has 2 fully saturated rings. The number of benzene rings is 2. The van der Waals surface area contributed by atoms with Gasteiger partial charge in [0.15, 0.2) is 0 Å². The van der Waals surface area contributed by atoms with Crippen molar-refractivity contribution in [1.29, 1.82) is 0 Å². The van der Waals surface area contributed by atoms with Gasteiger partial charge in [-0.25, -0.2) is 0 Å². The van der Waals surface area contributed by atoms with Gasteiger partial charge in [0, 0.05) is 5.41 Å². The van der Waals surface area contributed by atoms with Gasteiger partial charge in [0.25, 0.3) is 0 Å². The average Bonchev–Trinajstić information content (AvgIpc) is 3.70. The average molecular weight is 429 g/mol. The summed E-state index contributed by atoms with van der Waals surface area (Å²) in [4.78, 5) is 0. The summed E-state index contributed by atoms with van der Waals surface area (Å²) in [7, 11) is 0. The maximum absolute atomic E-state index is 5.90. The lowest BCUT2D eigenvalue weighted by molar-refractivity contribution is -0.173. The summed E-state index contributed by atoms with van der Waals surface area (Å²) < 4.78 is 33.8. The van der Waals surface area contributed by atoms with Crippen molar-refractivity contribution in [2.75, 3.05) is 26.4 Å². The lowest BCUT2D eigenvalue weighted by Crippen LogP contribution is -2.25. The molecule has 0 radical (unpaired) electrons. The molecule has 2 aromatic carbocycles. The molecular formula is C25H32O6. The van der Waals surface area contributed by atoms with E-state index in [0.29, 0.717) is 26.4 Å². The normalized spacial score (nSPS) is 24.6. The Morgan fingerprint density at radius 2 is 1.06 bits per heavy atom. The fourth-order valence-electron chi connectivity index (χ4n) is 3.38. The smallest absolute Gasteiger partial charge is 0.352 e. The van der Waals surface area contributed by atoms with Crippen LogP contribution in [-0.2, 0) is 24.4 Å². The standard InChI is InChI=1S/C25H32O6/c1-5-15-26-24(17-28-24)30-21-11-7-19(8-12-21)23(3,4)20-9-13-22(14-10-20)31-25(18-29-25)27-16-6-2/h7-14H,5-6,15-18H2,1-4H3. The molecule has 0 N–H and O–H groups in total. The minimum absolute atomic E-state index is 0.185. The molecular weight excluding hydrogens is 396 g/mol. The number of epoxide rings is 2. The van der Waals surface area contributed by atoms with Gasteiger partial charge in [-0.2, -0.15) is 0 Å². The Balaban J connectivity index is 1.40. The minimum atomic E-state index is -0.896. The van der Waals surface area contributed by atoms with Gasteiger partial charge < -0.3 is 28.4 Å². The first kappa shape index (κ1) is 22.1. The molecule has 0 aromatic heterocycles. The molecule has 2 aliphatic rings. The Kier molecular flexibility index (Phi) is 6.26. The van der Waals surface area contributed by atoms with E-state index in [2.05, 4.69) is 52.0 Å². The van der Waals surface area contributed by atoms with Crippen LogP contribution >= 0.6 is 0 Å². The minimum Gasteiger partial charge on any atom is -0.437 e. The van der Waals surface area contributed by atoms with Crippen LogP contribution in [0.5, 0.6) is 11.5 Å². The van der Waals surface area contributed by atoms with Crippen molar-refractivity contribution < 1.29 is 28.4 Å². The topological polar surface area (TPSA) is 62.0 Å². The molecule has 0 spiro atoms. The summed E-state index contributed by atoms with van der Waals surface area (Å²) in [6.45, 7) is 10.7. The van der Waals surface area contributed by atoms with Gasteiger partial charge in [-0.1, -0.05) is 52.0 Å². The van der Waals surface area contributed by atoms with Crippen molar-refractivity contribution in [3.05, 3.63) is 59.7 Å². The second-order valence-corrected chi connectivity index (χ2v) is 8.52. The first-order chi connectivity index (χ1) is 14.9. The lowest BCUT2D eigenvalue weighted by atomic mass is 9.78. The van der Waals surface area contributed by atoms with Crippen LogP contribution in [0.15, 0.2) is 48.5 Å². The van der Waals surface area contributed by atoms with Crippen LogP contribution in [0.2, 0.25) is 0 Å². The fraction of sp³-hybridized carbons (Fsp3) is 0.520. The van der Waals surface area contributed by atoms with Crippen molar-refractivity contribution in [1.82, 2.24) is 0 Å². The summed E-state index contributed by atoms with van der Waals surface area (Å²) in [5.74, 6) is -0.323. The molecule has 2 aliphatic heterocycles. The number of hydrogen-bond donors (Lipinski definition) is 0. The van der Waals surface area contributed by atoms with Crippen LogP contribution in [0.25, 0.3) is 0 Å². The zero-order chi connectivity index (χ0) is 22.0. The molecule has 2 unspecified atom stereocenters. The molecule has 0 saturated carbocycles. The number of ether oxygens (including phenoxy) is 6. The van der Waals surface area contributed by atoms with E-state index in [1.165, 1.54) is 11.1 Å². The van der Waals surface area contributed by atoms with E-state index in [9.17, 15) is 0 Å². The van der Waals surface area contributed by atoms with E-state index in [1.807, 2.05) is 24.3 Å². The van der Waals surface area contributed by atoms with Gasteiger partial charge >= 0.3 is 11.9 Å². The van der Waals surface area contributed by atoms with Crippen molar-refractivity contribution >= 4 is 0 Å². The first-order valence-corrected chi connectivity index (χ1v) is 11.1. The fourth-order valence-corrected chi connectivity index (χ4v) is 3.38. The van der Waals surface area contributed by atoms with Crippen LogP contribution in [-0.4, -0.2) is 38.4 Å². The van der Waals surface area contributed by atoms with Crippen LogP contribution < -0.4 is 9.47 Å². The predicted octanol–water partition coefficient (Wildman–Crippen LogP) is 4.99. The van der Waals surface area contributed by atoms with Crippen LogP contribution in [0.4, 0.5) is 0 Å². The summed E-state index contributed by atoms with van der Waals surface area (Å²) in [6, 6.07) is 16.2. The Labute approximate surface area is 184 Å². The molecule has 6 nitrogen and oxygen atoms in total. The van der Waals surface area contributed by atoms with Crippen LogP contribution in [0, 0.1) is 0 Å². The third-order valence-corrected chi connectivity index (χ3v) is 5.51. The van der Waals surface area contributed by atoms with Gasteiger partial charge in [0.1, 0.15) is 24.7 Å². The monoisotopic (exact) mass is 428 g/mol. The Bertz CT molecular complexity index is 779. The third-order valence-electron chi connectivity index (χ3n) is 5.51. The summed E-state index contributed by atoms with van der Waals surface area (Å²) >= 11 is 0. The molecule has 168 valence electrons. The Morgan fingerprint density at radius 3 is 1.35 bits per heavy atom. The molecule has 4 rings (SSSR count). The summed E-state index contributed by atoms with van der Waals surface area (Å²) in [6.07, 6.45) is 1.84. The van der Waals surface area contributed by atoms with Gasteiger partial charge in [-0.15, -0.1) is 0 Å². The number of rotatable bonds is 12. The predicted molar refractivity (Wildman–Crippen MR) is 116 cm³/mol. The van der Waals surface area contributed by atoms with Gasteiger partial charge in [0.2, 0.25) is 0 Å². The lowest BCUT2D eigenvalue weighted by Gasteiger charge is -2.27. The highest BCUT2D eigenvalue weighted by atomic mass is 16.9. The maximum Gasteiger partial charge on any atom is 0.352 e. The SMILES string of the molecule is CCCOC1(Oc2ccc(C(C)(C)c3ccc(OC4(OCCC)CO4)cc3)cc2)CO1. The molecule has 2 atom stereocenters.